The second-order valence-corrected chi connectivity index (χ2v) is 4.54. The van der Waals surface area contributed by atoms with E-state index >= 15 is 0 Å². The highest BCUT2D eigenvalue weighted by molar-refractivity contribution is 6.07. The number of nitrogens with one attached hydrogen (secondary N) is 1. The first kappa shape index (κ1) is 10.3. The van der Waals surface area contributed by atoms with Crippen molar-refractivity contribution in [1.29, 1.82) is 0 Å². The predicted octanol–water partition coefficient (Wildman–Crippen LogP) is 2.61. The number of rotatable bonds is 1. The lowest BCUT2D eigenvalue weighted by atomic mass is 10.1. The van der Waals surface area contributed by atoms with E-state index < -0.39 is 0 Å². The third kappa shape index (κ3) is 1.45. The Balaban J connectivity index is 2.02. The minimum atomic E-state index is 0.774. The summed E-state index contributed by atoms with van der Waals surface area (Å²) in [5.74, 6) is 0.774. The molecule has 2 aromatic carbocycles. The van der Waals surface area contributed by atoms with E-state index in [0.717, 1.165) is 22.5 Å². The van der Waals surface area contributed by atoms with Crippen LogP contribution in [0.2, 0.25) is 0 Å². The normalized spacial score (nSPS) is 11.4. The van der Waals surface area contributed by atoms with Crippen LogP contribution in [-0.4, -0.2) is 25.2 Å². The number of hydrogen-bond donors (Lipinski definition) is 1. The smallest absolute Gasteiger partial charge is 0.153 e. The van der Waals surface area contributed by atoms with Crippen LogP contribution in [0.4, 0.5) is 0 Å². The van der Waals surface area contributed by atoms with Crippen LogP contribution in [-0.2, 0) is 0 Å². The lowest BCUT2D eigenvalue weighted by Gasteiger charge is -2.01. The van der Waals surface area contributed by atoms with Gasteiger partial charge >= 0.3 is 0 Å². The summed E-state index contributed by atoms with van der Waals surface area (Å²) in [5.41, 5.74) is 3.19. The van der Waals surface area contributed by atoms with Crippen molar-refractivity contribution in [3.8, 4) is 5.69 Å². The highest BCUT2D eigenvalue weighted by atomic mass is 15.5. The number of nitrogens with zero attached hydrogens (tertiary/aromatic N) is 4. The molecule has 0 aliphatic carbocycles. The van der Waals surface area contributed by atoms with E-state index in [4.69, 9.17) is 0 Å². The molecule has 1 N–H and O–H groups in total. The largest absolute Gasteiger partial charge is 0.354 e. The summed E-state index contributed by atoms with van der Waals surface area (Å²) >= 11 is 0. The van der Waals surface area contributed by atoms with Crippen molar-refractivity contribution in [1.82, 2.24) is 25.2 Å². The fourth-order valence-corrected chi connectivity index (χ4v) is 2.44. The Kier molecular flexibility index (Phi) is 1.97. The molecule has 5 heteroatoms. The predicted molar refractivity (Wildman–Crippen MR) is 73.3 cm³/mol. The number of aromatic nitrogens is 5. The minimum Gasteiger partial charge on any atom is -0.354 e. The number of H-pyrrole nitrogens is 1. The summed E-state index contributed by atoms with van der Waals surface area (Å²) in [7, 11) is 0. The van der Waals surface area contributed by atoms with E-state index in [9.17, 15) is 0 Å². The van der Waals surface area contributed by atoms with Crippen LogP contribution in [0.25, 0.3) is 27.5 Å². The molecule has 0 fully saturated rings. The van der Waals surface area contributed by atoms with Crippen LogP contribution in [0, 0.1) is 6.92 Å². The third-order valence-electron chi connectivity index (χ3n) is 3.36. The first-order valence-corrected chi connectivity index (χ1v) is 6.09. The fourth-order valence-electron chi connectivity index (χ4n) is 2.44. The molecule has 2 aromatic heterocycles. The first-order valence-electron chi connectivity index (χ1n) is 6.09. The summed E-state index contributed by atoms with van der Waals surface area (Å²) in [6, 6.07) is 14.5. The number of benzene rings is 2. The lowest BCUT2D eigenvalue weighted by Crippen LogP contribution is -1.98. The molecule has 0 unspecified atom stereocenters. The Morgan fingerprint density at radius 3 is 2.68 bits per heavy atom. The first-order chi connectivity index (χ1) is 9.33. The van der Waals surface area contributed by atoms with Gasteiger partial charge in [0.25, 0.3) is 0 Å². The molecule has 0 aliphatic heterocycles. The molecule has 0 aliphatic rings. The zero-order valence-electron chi connectivity index (χ0n) is 10.3. The lowest BCUT2D eigenvalue weighted by molar-refractivity contribution is 0.780. The van der Waals surface area contributed by atoms with Gasteiger partial charge in [0.15, 0.2) is 5.82 Å². The van der Waals surface area contributed by atoms with Crippen molar-refractivity contribution < 1.29 is 0 Å². The second-order valence-electron chi connectivity index (χ2n) is 4.54. The van der Waals surface area contributed by atoms with Gasteiger partial charge < -0.3 is 4.98 Å². The van der Waals surface area contributed by atoms with Crippen molar-refractivity contribution in [2.45, 2.75) is 6.92 Å². The maximum absolute atomic E-state index is 3.99. The zero-order valence-corrected chi connectivity index (χ0v) is 10.3. The van der Waals surface area contributed by atoms with Crippen molar-refractivity contribution in [3.63, 3.8) is 0 Å². The van der Waals surface area contributed by atoms with Gasteiger partial charge in [-0.15, -0.1) is 5.10 Å². The average molecular weight is 249 g/mol. The molecule has 0 atom stereocenters. The van der Waals surface area contributed by atoms with Gasteiger partial charge in [-0.1, -0.05) is 24.3 Å². The number of fused-ring (bicyclic) bond motifs is 3. The SMILES string of the molecule is Cc1nnnn1-c1ccc2c(c1)[nH]c1ccccc12. The molecule has 0 spiro atoms. The van der Waals surface area contributed by atoms with E-state index in [2.05, 4.69) is 50.8 Å². The number of para-hydroxylation sites is 1. The standard InChI is InChI=1S/C14H11N5/c1-9-16-17-18-19(9)10-6-7-12-11-4-2-3-5-13(11)15-14(12)8-10/h2-8,15H,1H3. The van der Waals surface area contributed by atoms with Gasteiger partial charge in [-0.3, -0.25) is 0 Å². The van der Waals surface area contributed by atoms with Crippen LogP contribution in [0.3, 0.4) is 0 Å². The Morgan fingerprint density at radius 1 is 1.00 bits per heavy atom. The molecule has 92 valence electrons. The van der Waals surface area contributed by atoms with Crippen molar-refractivity contribution in [3.05, 3.63) is 48.3 Å². The van der Waals surface area contributed by atoms with E-state index in [-0.39, 0.29) is 0 Å². The van der Waals surface area contributed by atoms with Gasteiger partial charge in [-0.05, 0) is 35.5 Å². The monoisotopic (exact) mass is 249 g/mol. The Hall–Kier alpha value is -2.69. The molecule has 0 bridgehead atoms. The molecule has 0 saturated carbocycles. The number of aryl methyl sites for hydroxylation is 1. The second kappa shape index (κ2) is 3.65. The summed E-state index contributed by atoms with van der Waals surface area (Å²) in [4.78, 5) is 3.42. The van der Waals surface area contributed by atoms with Gasteiger partial charge in [0.05, 0.1) is 5.69 Å². The topological polar surface area (TPSA) is 59.4 Å². The number of hydrogen-bond acceptors (Lipinski definition) is 3. The van der Waals surface area contributed by atoms with E-state index in [1.165, 1.54) is 10.8 Å². The van der Waals surface area contributed by atoms with Gasteiger partial charge in [0.2, 0.25) is 0 Å². The van der Waals surface area contributed by atoms with Gasteiger partial charge in [0.1, 0.15) is 0 Å². The summed E-state index contributed by atoms with van der Waals surface area (Å²) in [6.45, 7) is 1.88. The van der Waals surface area contributed by atoms with Gasteiger partial charge in [-0.2, -0.15) is 4.68 Å². The molecular weight excluding hydrogens is 238 g/mol. The van der Waals surface area contributed by atoms with Crippen molar-refractivity contribution >= 4 is 21.8 Å². The van der Waals surface area contributed by atoms with Gasteiger partial charge in [-0.25, -0.2) is 0 Å². The van der Waals surface area contributed by atoms with E-state index in [1.807, 2.05) is 19.1 Å². The summed E-state index contributed by atoms with van der Waals surface area (Å²) in [6.07, 6.45) is 0. The van der Waals surface area contributed by atoms with Crippen molar-refractivity contribution in [2.75, 3.05) is 0 Å². The highest BCUT2D eigenvalue weighted by Gasteiger charge is 2.07. The van der Waals surface area contributed by atoms with Crippen LogP contribution in [0.15, 0.2) is 42.5 Å². The molecule has 0 saturated heterocycles. The Bertz CT molecular complexity index is 887. The fraction of sp³-hybridized carbons (Fsp3) is 0.0714. The molecular formula is C14H11N5. The van der Waals surface area contributed by atoms with Crippen LogP contribution in [0.5, 0.6) is 0 Å². The average Bonchev–Trinajstić information content (AvgIpc) is 3.01. The Labute approximate surface area is 108 Å². The molecule has 4 rings (SSSR count). The van der Waals surface area contributed by atoms with Crippen molar-refractivity contribution in [2.24, 2.45) is 0 Å². The quantitative estimate of drug-likeness (QED) is 0.564. The number of aromatic amines is 1. The maximum Gasteiger partial charge on any atom is 0.153 e. The zero-order chi connectivity index (χ0) is 12.8. The van der Waals surface area contributed by atoms with Gasteiger partial charge in [0, 0.05) is 21.8 Å². The van der Waals surface area contributed by atoms with E-state index in [1.54, 1.807) is 4.68 Å². The number of tetrazole rings is 1. The summed E-state index contributed by atoms with van der Waals surface area (Å²) in [5, 5.41) is 14.0. The van der Waals surface area contributed by atoms with E-state index in [0.29, 0.717) is 0 Å². The molecule has 5 nitrogen and oxygen atoms in total. The molecule has 4 aromatic rings. The van der Waals surface area contributed by atoms with Crippen LogP contribution >= 0.6 is 0 Å². The highest BCUT2D eigenvalue weighted by Crippen LogP contribution is 2.26. The Morgan fingerprint density at radius 2 is 1.84 bits per heavy atom. The molecule has 19 heavy (non-hydrogen) atoms. The van der Waals surface area contributed by atoms with Crippen LogP contribution < -0.4 is 0 Å². The molecule has 0 amide bonds. The maximum atomic E-state index is 3.99. The minimum absolute atomic E-state index is 0.774. The third-order valence-corrected chi connectivity index (χ3v) is 3.36. The van der Waals surface area contributed by atoms with Crippen LogP contribution in [0.1, 0.15) is 5.82 Å². The molecule has 2 heterocycles. The molecule has 0 radical (unpaired) electrons. The summed E-state index contributed by atoms with van der Waals surface area (Å²) < 4.78 is 1.73.